The van der Waals surface area contributed by atoms with Crippen LogP contribution < -0.4 is 5.19 Å². The number of ether oxygens (including phenoxy) is 2. The Balaban J connectivity index is 2.01. The molecule has 0 bridgehead atoms. The van der Waals surface area contributed by atoms with E-state index in [1.54, 1.807) is 0 Å². The molecule has 2 nitrogen and oxygen atoms in total. The standard InChI is InChI=1S/C23H24O2Si/c1-3-24-23(25-4-2)26-21-15-9-14-20-18-11-6-5-10-16(18)17-12-7-8-13-19(17)22(20)21/h5-15,23H,3-4,26H2,1-2H3. The number of benzene rings is 4. The fourth-order valence-corrected chi connectivity index (χ4v) is 5.84. The second-order valence-corrected chi connectivity index (χ2v) is 8.31. The van der Waals surface area contributed by atoms with E-state index in [-0.39, 0.29) is 5.91 Å². The third-order valence-corrected chi connectivity index (χ3v) is 6.78. The Morgan fingerprint density at radius 1 is 0.654 bits per heavy atom. The van der Waals surface area contributed by atoms with Crippen LogP contribution in [0.2, 0.25) is 0 Å². The molecule has 0 aliphatic rings. The highest BCUT2D eigenvalue weighted by molar-refractivity contribution is 6.59. The largest absolute Gasteiger partial charge is 0.357 e. The van der Waals surface area contributed by atoms with Crippen LogP contribution >= 0.6 is 0 Å². The number of fused-ring (bicyclic) bond motifs is 6. The van der Waals surface area contributed by atoms with Gasteiger partial charge in [-0.3, -0.25) is 0 Å². The maximum absolute atomic E-state index is 5.87. The zero-order valence-corrected chi connectivity index (χ0v) is 16.8. The summed E-state index contributed by atoms with van der Waals surface area (Å²) in [7, 11) is -0.740. The van der Waals surface area contributed by atoms with Crippen molar-refractivity contribution in [1.82, 2.24) is 0 Å². The van der Waals surface area contributed by atoms with Crippen molar-refractivity contribution in [1.29, 1.82) is 0 Å². The topological polar surface area (TPSA) is 18.5 Å². The lowest BCUT2D eigenvalue weighted by atomic mass is 9.94. The van der Waals surface area contributed by atoms with Gasteiger partial charge < -0.3 is 9.47 Å². The molecule has 0 radical (unpaired) electrons. The van der Waals surface area contributed by atoms with Gasteiger partial charge in [0, 0.05) is 13.2 Å². The van der Waals surface area contributed by atoms with Crippen LogP contribution in [-0.4, -0.2) is 28.6 Å². The van der Waals surface area contributed by atoms with Crippen molar-refractivity contribution < 1.29 is 9.47 Å². The highest BCUT2D eigenvalue weighted by atomic mass is 28.2. The Morgan fingerprint density at radius 2 is 1.12 bits per heavy atom. The molecule has 4 aromatic carbocycles. The third kappa shape index (κ3) is 3.03. The van der Waals surface area contributed by atoms with E-state index in [1.807, 2.05) is 13.8 Å². The quantitative estimate of drug-likeness (QED) is 0.290. The lowest BCUT2D eigenvalue weighted by molar-refractivity contribution is -0.0817. The number of rotatable bonds is 6. The smallest absolute Gasteiger partial charge is 0.139 e. The summed E-state index contributed by atoms with van der Waals surface area (Å²) < 4.78 is 11.7. The molecule has 0 aliphatic carbocycles. The molecule has 0 N–H and O–H groups in total. The van der Waals surface area contributed by atoms with Gasteiger partial charge in [-0.1, -0.05) is 71.9 Å². The lowest BCUT2D eigenvalue weighted by Crippen LogP contribution is -2.33. The Kier molecular flexibility index (Phi) is 5.02. The molecule has 0 heterocycles. The molecule has 0 saturated heterocycles. The Bertz CT molecular complexity index is 1010. The van der Waals surface area contributed by atoms with Crippen LogP contribution in [0.4, 0.5) is 0 Å². The molecule has 132 valence electrons. The molecule has 0 unspecified atom stereocenters. The van der Waals surface area contributed by atoms with E-state index >= 15 is 0 Å². The molecule has 3 heteroatoms. The first kappa shape index (κ1) is 17.2. The molecule has 0 fully saturated rings. The highest BCUT2D eigenvalue weighted by Crippen LogP contribution is 2.33. The number of hydrogen-bond acceptors (Lipinski definition) is 2. The maximum atomic E-state index is 5.87. The van der Waals surface area contributed by atoms with Gasteiger partial charge in [0.15, 0.2) is 0 Å². The van der Waals surface area contributed by atoms with E-state index in [1.165, 1.54) is 37.5 Å². The van der Waals surface area contributed by atoms with Gasteiger partial charge in [-0.25, -0.2) is 0 Å². The molecular formula is C23H24O2Si. The molecule has 0 spiro atoms. The van der Waals surface area contributed by atoms with Crippen LogP contribution in [0, 0.1) is 0 Å². The van der Waals surface area contributed by atoms with Gasteiger partial charge in [-0.15, -0.1) is 0 Å². The van der Waals surface area contributed by atoms with E-state index in [0.717, 1.165) is 0 Å². The monoisotopic (exact) mass is 360 g/mol. The van der Waals surface area contributed by atoms with E-state index in [4.69, 9.17) is 9.47 Å². The zero-order valence-electron chi connectivity index (χ0n) is 15.4. The molecule has 0 atom stereocenters. The fourth-order valence-electron chi connectivity index (χ4n) is 3.92. The first-order valence-electron chi connectivity index (χ1n) is 9.37. The van der Waals surface area contributed by atoms with E-state index < -0.39 is 9.52 Å². The maximum Gasteiger partial charge on any atom is 0.139 e. The molecule has 4 aromatic rings. The second-order valence-electron chi connectivity index (χ2n) is 6.48. The fraction of sp³-hybridized carbons (Fsp3) is 0.217. The van der Waals surface area contributed by atoms with Crippen molar-refractivity contribution in [3.8, 4) is 0 Å². The van der Waals surface area contributed by atoms with Crippen LogP contribution in [0.3, 0.4) is 0 Å². The lowest BCUT2D eigenvalue weighted by Gasteiger charge is -2.19. The van der Waals surface area contributed by atoms with Crippen molar-refractivity contribution in [2.75, 3.05) is 13.2 Å². The minimum Gasteiger partial charge on any atom is -0.357 e. The van der Waals surface area contributed by atoms with Crippen LogP contribution in [0.1, 0.15) is 13.8 Å². The van der Waals surface area contributed by atoms with Crippen molar-refractivity contribution in [3.63, 3.8) is 0 Å². The second kappa shape index (κ2) is 7.58. The summed E-state index contributed by atoms with van der Waals surface area (Å²) in [6, 6.07) is 24.2. The van der Waals surface area contributed by atoms with Crippen molar-refractivity contribution in [2.45, 2.75) is 19.8 Å². The first-order valence-corrected chi connectivity index (χ1v) is 10.9. The molecule has 0 amide bonds. The van der Waals surface area contributed by atoms with Crippen LogP contribution in [-0.2, 0) is 9.47 Å². The van der Waals surface area contributed by atoms with Crippen LogP contribution in [0.5, 0.6) is 0 Å². The SMILES string of the molecule is CCOC(OCC)[SiH2]c1cccc2c3ccccc3c3ccccc3c12. The summed E-state index contributed by atoms with van der Waals surface area (Å²) in [5, 5.41) is 9.41. The summed E-state index contributed by atoms with van der Waals surface area (Å²) in [5.41, 5.74) is 0. The Morgan fingerprint density at radius 3 is 1.65 bits per heavy atom. The summed E-state index contributed by atoms with van der Waals surface area (Å²) >= 11 is 0. The number of hydrogen-bond donors (Lipinski definition) is 0. The predicted molar refractivity (Wildman–Crippen MR) is 114 cm³/mol. The molecule has 26 heavy (non-hydrogen) atoms. The highest BCUT2D eigenvalue weighted by Gasteiger charge is 2.16. The van der Waals surface area contributed by atoms with Gasteiger partial charge in [0.2, 0.25) is 0 Å². The van der Waals surface area contributed by atoms with Crippen molar-refractivity contribution in [2.24, 2.45) is 0 Å². The average Bonchev–Trinajstić information content (AvgIpc) is 2.69. The van der Waals surface area contributed by atoms with Crippen molar-refractivity contribution in [3.05, 3.63) is 66.7 Å². The predicted octanol–water partition coefficient (Wildman–Crippen LogP) is 4.30. The van der Waals surface area contributed by atoms with Gasteiger partial charge in [0.05, 0.1) is 0 Å². The molecule has 4 rings (SSSR count). The summed E-state index contributed by atoms with van der Waals surface area (Å²) in [6.07, 6.45) is 0. The zero-order chi connectivity index (χ0) is 17.9. The van der Waals surface area contributed by atoms with Gasteiger partial charge in [0.1, 0.15) is 15.4 Å². The third-order valence-electron chi connectivity index (χ3n) is 4.95. The average molecular weight is 361 g/mol. The molecule has 0 aromatic heterocycles. The summed E-state index contributed by atoms with van der Waals surface area (Å²) in [4.78, 5) is 0. The van der Waals surface area contributed by atoms with Crippen molar-refractivity contribution >= 4 is 47.0 Å². The normalized spacial score (nSPS) is 12.3. The minimum absolute atomic E-state index is 0.0687. The van der Waals surface area contributed by atoms with Gasteiger partial charge in [-0.05, 0) is 46.2 Å². The van der Waals surface area contributed by atoms with Gasteiger partial charge in [-0.2, -0.15) is 0 Å². The minimum atomic E-state index is -0.740. The summed E-state index contributed by atoms with van der Waals surface area (Å²) in [5.74, 6) is -0.0687. The van der Waals surface area contributed by atoms with Crippen LogP contribution in [0.25, 0.3) is 32.3 Å². The molecular weight excluding hydrogens is 336 g/mol. The van der Waals surface area contributed by atoms with Crippen LogP contribution in [0.15, 0.2) is 66.7 Å². The summed E-state index contributed by atoms with van der Waals surface area (Å²) in [6.45, 7) is 5.44. The van der Waals surface area contributed by atoms with Gasteiger partial charge >= 0.3 is 0 Å². The molecule has 0 aliphatic heterocycles. The Labute approximate surface area is 156 Å². The molecule has 0 saturated carbocycles. The van der Waals surface area contributed by atoms with E-state index in [2.05, 4.69) is 66.7 Å². The first-order chi connectivity index (χ1) is 12.8. The Hall–Kier alpha value is -2.20. The van der Waals surface area contributed by atoms with E-state index in [9.17, 15) is 0 Å². The van der Waals surface area contributed by atoms with E-state index in [0.29, 0.717) is 13.2 Å². The van der Waals surface area contributed by atoms with Gasteiger partial charge in [0.25, 0.3) is 0 Å².